The van der Waals surface area contributed by atoms with Crippen LogP contribution in [0.2, 0.25) is 0 Å². The number of halogens is 1. The molecule has 17 heavy (non-hydrogen) atoms. The molecule has 0 saturated heterocycles. The lowest BCUT2D eigenvalue weighted by atomic mass is 9.78. The standard InChI is InChI=1S/C12H21ClO4/c1-5-7-17-10(16)12(4,13)8-11(3,6-2)9(14)15/h5,9,14-15H,1,6-8H2,2-4H3. The highest BCUT2D eigenvalue weighted by molar-refractivity contribution is 6.33. The molecule has 0 aromatic heterocycles. The van der Waals surface area contributed by atoms with Gasteiger partial charge in [0.05, 0.1) is 0 Å². The van der Waals surface area contributed by atoms with Crippen LogP contribution in [-0.4, -0.2) is 34.0 Å². The Morgan fingerprint density at radius 2 is 2.06 bits per heavy atom. The monoisotopic (exact) mass is 264 g/mol. The van der Waals surface area contributed by atoms with Crippen molar-refractivity contribution in [2.24, 2.45) is 5.41 Å². The average Bonchev–Trinajstić information content (AvgIpc) is 2.24. The van der Waals surface area contributed by atoms with Crippen molar-refractivity contribution in [1.29, 1.82) is 0 Å². The topological polar surface area (TPSA) is 66.8 Å². The van der Waals surface area contributed by atoms with E-state index in [2.05, 4.69) is 6.58 Å². The quantitative estimate of drug-likeness (QED) is 0.319. The first-order chi connectivity index (χ1) is 7.69. The maximum atomic E-state index is 11.7. The highest BCUT2D eigenvalue weighted by Crippen LogP contribution is 2.38. The van der Waals surface area contributed by atoms with Gasteiger partial charge in [0.15, 0.2) is 6.29 Å². The molecule has 0 fully saturated rings. The summed E-state index contributed by atoms with van der Waals surface area (Å²) in [6.45, 7) is 8.51. The molecule has 0 rings (SSSR count). The smallest absolute Gasteiger partial charge is 0.327 e. The molecular formula is C12H21ClO4. The maximum absolute atomic E-state index is 11.7. The second-order valence-corrected chi connectivity index (χ2v) is 5.48. The molecule has 0 amide bonds. The van der Waals surface area contributed by atoms with Crippen molar-refractivity contribution in [3.05, 3.63) is 12.7 Å². The molecule has 0 saturated carbocycles. The minimum atomic E-state index is -1.53. The van der Waals surface area contributed by atoms with Crippen LogP contribution in [-0.2, 0) is 9.53 Å². The molecule has 0 heterocycles. The first-order valence-electron chi connectivity index (χ1n) is 5.53. The lowest BCUT2D eigenvalue weighted by molar-refractivity contribution is -0.154. The number of aliphatic hydroxyl groups excluding tert-OH is 1. The van der Waals surface area contributed by atoms with Crippen LogP contribution in [0.15, 0.2) is 12.7 Å². The third kappa shape index (κ3) is 4.66. The van der Waals surface area contributed by atoms with Crippen molar-refractivity contribution in [3.8, 4) is 0 Å². The summed E-state index contributed by atoms with van der Waals surface area (Å²) in [7, 11) is 0. The third-order valence-corrected chi connectivity index (χ3v) is 3.21. The van der Waals surface area contributed by atoms with E-state index in [4.69, 9.17) is 16.3 Å². The number of esters is 1. The van der Waals surface area contributed by atoms with E-state index in [1.165, 1.54) is 13.0 Å². The zero-order valence-corrected chi connectivity index (χ0v) is 11.3. The Labute approximate surface area is 107 Å². The second-order valence-electron chi connectivity index (χ2n) is 4.64. The first-order valence-corrected chi connectivity index (χ1v) is 5.90. The summed E-state index contributed by atoms with van der Waals surface area (Å²) < 4.78 is 4.87. The molecule has 0 aromatic rings. The number of ether oxygens (including phenoxy) is 1. The van der Waals surface area contributed by atoms with Gasteiger partial charge >= 0.3 is 5.97 Å². The van der Waals surface area contributed by atoms with Crippen molar-refractivity contribution in [2.45, 2.75) is 44.8 Å². The van der Waals surface area contributed by atoms with E-state index >= 15 is 0 Å². The third-order valence-electron chi connectivity index (χ3n) is 2.92. The summed E-state index contributed by atoms with van der Waals surface area (Å²) in [5.41, 5.74) is -0.844. The van der Waals surface area contributed by atoms with Crippen LogP contribution in [0.25, 0.3) is 0 Å². The number of carbonyl (C=O) groups is 1. The lowest BCUT2D eigenvalue weighted by Gasteiger charge is -2.35. The second kappa shape index (κ2) is 6.38. The van der Waals surface area contributed by atoms with Crippen molar-refractivity contribution >= 4 is 17.6 Å². The predicted molar refractivity (Wildman–Crippen MR) is 66.7 cm³/mol. The van der Waals surface area contributed by atoms with Crippen molar-refractivity contribution < 1.29 is 19.7 Å². The zero-order valence-electron chi connectivity index (χ0n) is 10.6. The summed E-state index contributed by atoms with van der Waals surface area (Å²) in [5.74, 6) is -0.584. The van der Waals surface area contributed by atoms with E-state index in [0.29, 0.717) is 6.42 Å². The fraction of sp³-hybridized carbons (Fsp3) is 0.750. The van der Waals surface area contributed by atoms with Gasteiger partial charge in [0.25, 0.3) is 0 Å². The van der Waals surface area contributed by atoms with Gasteiger partial charge in [0.2, 0.25) is 0 Å². The highest BCUT2D eigenvalue weighted by atomic mass is 35.5. The number of rotatable bonds is 7. The van der Waals surface area contributed by atoms with Gasteiger partial charge in [-0.3, -0.25) is 4.79 Å². The minimum Gasteiger partial charge on any atom is -0.460 e. The Morgan fingerprint density at radius 1 is 1.53 bits per heavy atom. The normalized spacial score (nSPS) is 18.3. The molecule has 0 aliphatic rings. The van der Waals surface area contributed by atoms with Gasteiger partial charge in [-0.1, -0.05) is 26.5 Å². The SMILES string of the molecule is C=CCOC(=O)C(C)(Cl)CC(C)(CC)C(O)O. The maximum Gasteiger partial charge on any atom is 0.327 e. The molecule has 0 bridgehead atoms. The Bertz CT molecular complexity index is 276. The number of alkyl halides is 1. The van der Waals surface area contributed by atoms with Crippen LogP contribution >= 0.6 is 11.6 Å². The summed E-state index contributed by atoms with van der Waals surface area (Å²) in [6, 6.07) is 0. The van der Waals surface area contributed by atoms with Crippen molar-refractivity contribution in [1.82, 2.24) is 0 Å². The fourth-order valence-corrected chi connectivity index (χ4v) is 1.87. The van der Waals surface area contributed by atoms with E-state index in [0.717, 1.165) is 0 Å². The van der Waals surface area contributed by atoms with Gasteiger partial charge in [0.1, 0.15) is 11.5 Å². The van der Waals surface area contributed by atoms with Crippen molar-refractivity contribution in [3.63, 3.8) is 0 Å². The summed E-state index contributed by atoms with van der Waals surface area (Å²) in [4.78, 5) is 10.4. The van der Waals surface area contributed by atoms with Crippen LogP contribution in [0.1, 0.15) is 33.6 Å². The molecule has 0 aliphatic heterocycles. The van der Waals surface area contributed by atoms with Gasteiger partial charge in [-0.15, -0.1) is 11.6 Å². The molecule has 4 nitrogen and oxygen atoms in total. The van der Waals surface area contributed by atoms with E-state index in [1.807, 2.05) is 6.92 Å². The van der Waals surface area contributed by atoms with Crippen LogP contribution < -0.4 is 0 Å². The predicted octanol–water partition coefficient (Wildman–Crippen LogP) is 1.83. The Hall–Kier alpha value is -0.580. The molecule has 2 atom stereocenters. The minimum absolute atomic E-state index is 0.0889. The van der Waals surface area contributed by atoms with Crippen LogP contribution in [0.3, 0.4) is 0 Å². The Balaban J connectivity index is 4.71. The molecule has 2 N–H and O–H groups in total. The molecule has 5 heteroatoms. The average molecular weight is 265 g/mol. The molecule has 0 aliphatic carbocycles. The van der Waals surface area contributed by atoms with Gasteiger partial charge in [-0.2, -0.15) is 0 Å². The number of carbonyl (C=O) groups excluding carboxylic acids is 1. The number of hydrogen-bond acceptors (Lipinski definition) is 4. The summed E-state index contributed by atoms with van der Waals surface area (Å²) >= 11 is 6.10. The van der Waals surface area contributed by atoms with Crippen LogP contribution in [0.5, 0.6) is 0 Å². The largest absolute Gasteiger partial charge is 0.460 e. The van der Waals surface area contributed by atoms with Crippen molar-refractivity contribution in [2.75, 3.05) is 6.61 Å². The Morgan fingerprint density at radius 3 is 2.41 bits per heavy atom. The number of hydrogen-bond donors (Lipinski definition) is 2. The van der Waals surface area contributed by atoms with E-state index in [-0.39, 0.29) is 13.0 Å². The summed E-state index contributed by atoms with van der Waals surface area (Å²) in [5, 5.41) is 18.6. The molecule has 100 valence electrons. The van der Waals surface area contributed by atoms with Crippen LogP contribution in [0, 0.1) is 5.41 Å². The van der Waals surface area contributed by atoms with Gasteiger partial charge in [-0.05, 0) is 19.8 Å². The van der Waals surface area contributed by atoms with Gasteiger partial charge in [-0.25, -0.2) is 0 Å². The van der Waals surface area contributed by atoms with Crippen LogP contribution in [0.4, 0.5) is 0 Å². The molecular weight excluding hydrogens is 244 g/mol. The molecule has 0 aromatic carbocycles. The highest BCUT2D eigenvalue weighted by Gasteiger charge is 2.42. The molecule has 0 radical (unpaired) electrons. The van der Waals surface area contributed by atoms with E-state index in [9.17, 15) is 15.0 Å². The zero-order chi connectivity index (χ0) is 13.7. The van der Waals surface area contributed by atoms with Gasteiger partial charge < -0.3 is 14.9 Å². The lowest BCUT2D eigenvalue weighted by Crippen LogP contribution is -2.42. The Kier molecular flexibility index (Phi) is 6.16. The first kappa shape index (κ1) is 16.4. The summed E-state index contributed by atoms with van der Waals surface area (Å²) in [6.07, 6.45) is 0.524. The molecule has 0 spiro atoms. The van der Waals surface area contributed by atoms with E-state index in [1.54, 1.807) is 6.92 Å². The number of aliphatic hydroxyl groups is 2. The van der Waals surface area contributed by atoms with Gasteiger partial charge in [0, 0.05) is 5.41 Å². The van der Waals surface area contributed by atoms with E-state index < -0.39 is 22.5 Å². The molecule has 2 unspecified atom stereocenters. The fourth-order valence-electron chi connectivity index (χ4n) is 1.51.